The van der Waals surface area contributed by atoms with E-state index in [9.17, 15) is 0 Å². The topological polar surface area (TPSA) is 75.3 Å². The fourth-order valence-electron chi connectivity index (χ4n) is 2.38. The van der Waals surface area contributed by atoms with Crippen LogP contribution in [0.3, 0.4) is 0 Å². The van der Waals surface area contributed by atoms with E-state index in [0.29, 0.717) is 6.54 Å². The van der Waals surface area contributed by atoms with Crippen LogP contribution in [0.2, 0.25) is 0 Å². The second kappa shape index (κ2) is 8.63. The van der Waals surface area contributed by atoms with Crippen molar-refractivity contribution in [2.75, 3.05) is 13.6 Å². The van der Waals surface area contributed by atoms with Crippen molar-refractivity contribution in [1.82, 2.24) is 20.8 Å². The van der Waals surface area contributed by atoms with Gasteiger partial charge in [-0.05, 0) is 12.1 Å². The second-order valence-electron chi connectivity index (χ2n) is 5.47. The fraction of sp³-hybridized carbons (Fsp3) is 0.211. The van der Waals surface area contributed by atoms with Gasteiger partial charge in [-0.15, -0.1) is 0 Å². The van der Waals surface area contributed by atoms with Gasteiger partial charge in [-0.1, -0.05) is 41.6 Å². The Bertz CT molecular complexity index is 799. The van der Waals surface area contributed by atoms with Crippen LogP contribution >= 0.6 is 0 Å². The highest BCUT2D eigenvalue weighted by Gasteiger charge is 2.07. The molecule has 2 aromatic heterocycles. The molecular weight excluding hydrogens is 314 g/mol. The predicted molar refractivity (Wildman–Crippen MR) is 98.1 cm³/mol. The maximum Gasteiger partial charge on any atom is 0.191 e. The quantitative estimate of drug-likeness (QED) is 0.535. The van der Waals surface area contributed by atoms with Crippen molar-refractivity contribution in [1.29, 1.82) is 0 Å². The minimum atomic E-state index is 0.541. The number of pyridine rings is 1. The van der Waals surface area contributed by atoms with Gasteiger partial charge in [0.15, 0.2) is 11.7 Å². The van der Waals surface area contributed by atoms with E-state index in [2.05, 4.69) is 25.8 Å². The summed E-state index contributed by atoms with van der Waals surface area (Å²) in [5.74, 6) is 1.48. The van der Waals surface area contributed by atoms with Crippen LogP contribution < -0.4 is 10.6 Å². The molecule has 0 aliphatic rings. The lowest BCUT2D eigenvalue weighted by Crippen LogP contribution is -2.38. The number of nitrogens with one attached hydrogen (secondary N) is 2. The summed E-state index contributed by atoms with van der Waals surface area (Å²) in [5, 5.41) is 10.6. The van der Waals surface area contributed by atoms with Gasteiger partial charge in [-0.2, -0.15) is 0 Å². The number of hydrogen-bond donors (Lipinski definition) is 2. The molecule has 0 saturated heterocycles. The Morgan fingerprint density at radius 1 is 1.04 bits per heavy atom. The summed E-state index contributed by atoms with van der Waals surface area (Å²) in [5.41, 5.74) is 2.89. The molecule has 1 aromatic carbocycles. The zero-order chi connectivity index (χ0) is 17.3. The van der Waals surface area contributed by atoms with E-state index < -0.39 is 0 Å². The Morgan fingerprint density at radius 3 is 2.64 bits per heavy atom. The molecule has 3 aromatic rings. The minimum Gasteiger partial charge on any atom is -0.356 e. The van der Waals surface area contributed by atoms with E-state index in [0.717, 1.165) is 41.6 Å². The van der Waals surface area contributed by atoms with Crippen molar-refractivity contribution in [3.05, 3.63) is 72.2 Å². The maximum absolute atomic E-state index is 5.40. The van der Waals surface area contributed by atoms with Crippen molar-refractivity contribution in [3.63, 3.8) is 0 Å². The molecule has 0 bridgehead atoms. The van der Waals surface area contributed by atoms with Gasteiger partial charge in [0.2, 0.25) is 0 Å². The molecule has 0 radical (unpaired) electrons. The van der Waals surface area contributed by atoms with Crippen LogP contribution in [0.1, 0.15) is 11.4 Å². The zero-order valence-corrected chi connectivity index (χ0v) is 14.1. The van der Waals surface area contributed by atoms with E-state index in [-0.39, 0.29) is 0 Å². The summed E-state index contributed by atoms with van der Waals surface area (Å²) in [6.45, 7) is 1.30. The lowest BCUT2D eigenvalue weighted by Gasteiger charge is -2.10. The molecular formula is C19H21N5O. The number of aromatic nitrogens is 2. The highest BCUT2D eigenvalue weighted by molar-refractivity contribution is 5.79. The van der Waals surface area contributed by atoms with Gasteiger partial charge in [0, 0.05) is 43.5 Å². The van der Waals surface area contributed by atoms with Crippen LogP contribution in [0.15, 0.2) is 70.3 Å². The average Bonchev–Trinajstić information content (AvgIpc) is 3.15. The lowest BCUT2D eigenvalue weighted by atomic mass is 10.2. The van der Waals surface area contributed by atoms with Crippen LogP contribution in [0.4, 0.5) is 0 Å². The Labute approximate surface area is 147 Å². The van der Waals surface area contributed by atoms with Gasteiger partial charge in [0.05, 0.1) is 6.54 Å². The highest BCUT2D eigenvalue weighted by Crippen LogP contribution is 2.19. The number of nitrogens with zero attached hydrogens (tertiary/aromatic N) is 3. The van der Waals surface area contributed by atoms with Gasteiger partial charge in [-0.3, -0.25) is 9.98 Å². The summed E-state index contributed by atoms with van der Waals surface area (Å²) >= 11 is 0. The second-order valence-corrected chi connectivity index (χ2v) is 5.47. The zero-order valence-electron chi connectivity index (χ0n) is 14.1. The highest BCUT2D eigenvalue weighted by atomic mass is 16.5. The third-order valence-corrected chi connectivity index (χ3v) is 3.68. The maximum atomic E-state index is 5.40. The first-order valence-electron chi connectivity index (χ1n) is 8.20. The standard InChI is InChI=1S/C19H21N5O/c1-20-19(22-12-10-16-9-5-6-11-21-16)23-14-17-13-18(25-24-17)15-7-3-2-4-8-15/h2-9,11,13H,10,12,14H2,1H3,(H2,20,22,23). The van der Waals surface area contributed by atoms with Crippen molar-refractivity contribution in [2.24, 2.45) is 4.99 Å². The molecule has 25 heavy (non-hydrogen) atoms. The molecule has 128 valence electrons. The first-order chi connectivity index (χ1) is 12.3. The molecule has 2 N–H and O–H groups in total. The number of aliphatic imine (C=N–C) groups is 1. The molecule has 0 saturated carbocycles. The Balaban J connectivity index is 1.47. The fourth-order valence-corrected chi connectivity index (χ4v) is 2.38. The first-order valence-corrected chi connectivity index (χ1v) is 8.20. The van der Waals surface area contributed by atoms with Crippen LogP contribution in [0, 0.1) is 0 Å². The molecule has 6 heteroatoms. The number of guanidine groups is 1. The molecule has 2 heterocycles. The Kier molecular flexibility index (Phi) is 5.77. The molecule has 0 spiro atoms. The third-order valence-electron chi connectivity index (χ3n) is 3.68. The third kappa shape index (κ3) is 4.91. The predicted octanol–water partition coefficient (Wildman–Crippen LogP) is 2.64. The summed E-state index contributed by atoms with van der Waals surface area (Å²) in [6, 6.07) is 17.8. The van der Waals surface area contributed by atoms with Gasteiger partial charge in [0.25, 0.3) is 0 Å². The molecule has 6 nitrogen and oxygen atoms in total. The average molecular weight is 335 g/mol. The Hall–Kier alpha value is -3.15. The van der Waals surface area contributed by atoms with Crippen molar-refractivity contribution >= 4 is 5.96 Å². The molecule has 0 atom stereocenters. The monoisotopic (exact) mass is 335 g/mol. The SMILES string of the molecule is CN=C(NCCc1ccccn1)NCc1cc(-c2ccccc2)on1. The van der Waals surface area contributed by atoms with Gasteiger partial charge >= 0.3 is 0 Å². The van der Waals surface area contributed by atoms with Crippen molar-refractivity contribution < 1.29 is 4.52 Å². The molecule has 0 fully saturated rings. The van der Waals surface area contributed by atoms with E-state index in [1.807, 2.05) is 54.6 Å². The lowest BCUT2D eigenvalue weighted by molar-refractivity contribution is 0.422. The number of benzene rings is 1. The largest absolute Gasteiger partial charge is 0.356 e. The molecule has 0 amide bonds. The van der Waals surface area contributed by atoms with Crippen LogP contribution in [-0.4, -0.2) is 29.7 Å². The summed E-state index contributed by atoms with van der Waals surface area (Å²) in [4.78, 5) is 8.52. The van der Waals surface area contributed by atoms with Crippen LogP contribution in [-0.2, 0) is 13.0 Å². The molecule has 0 unspecified atom stereocenters. The van der Waals surface area contributed by atoms with Crippen LogP contribution in [0.5, 0.6) is 0 Å². The first kappa shape index (κ1) is 16.7. The van der Waals surface area contributed by atoms with E-state index >= 15 is 0 Å². The summed E-state index contributed by atoms with van der Waals surface area (Å²) < 4.78 is 5.40. The van der Waals surface area contributed by atoms with Crippen molar-refractivity contribution in [3.8, 4) is 11.3 Å². The van der Waals surface area contributed by atoms with Gasteiger partial charge < -0.3 is 15.2 Å². The molecule has 3 rings (SSSR count). The van der Waals surface area contributed by atoms with Gasteiger partial charge in [-0.25, -0.2) is 0 Å². The molecule has 0 aliphatic carbocycles. The summed E-state index contributed by atoms with van der Waals surface area (Å²) in [7, 11) is 1.74. The smallest absolute Gasteiger partial charge is 0.191 e. The normalized spacial score (nSPS) is 11.3. The van der Waals surface area contributed by atoms with E-state index in [4.69, 9.17) is 4.52 Å². The minimum absolute atomic E-state index is 0.541. The van der Waals surface area contributed by atoms with Crippen LogP contribution in [0.25, 0.3) is 11.3 Å². The summed E-state index contributed by atoms with van der Waals surface area (Å²) in [6.07, 6.45) is 2.64. The number of hydrogen-bond acceptors (Lipinski definition) is 4. The molecule has 0 aliphatic heterocycles. The van der Waals surface area contributed by atoms with Crippen molar-refractivity contribution in [2.45, 2.75) is 13.0 Å². The van der Waals surface area contributed by atoms with E-state index in [1.54, 1.807) is 13.2 Å². The van der Waals surface area contributed by atoms with Gasteiger partial charge in [0.1, 0.15) is 5.69 Å². The van der Waals surface area contributed by atoms with E-state index in [1.165, 1.54) is 0 Å². The Morgan fingerprint density at radius 2 is 1.88 bits per heavy atom. The number of rotatable bonds is 6.